The van der Waals surface area contributed by atoms with Crippen molar-refractivity contribution in [1.82, 2.24) is 14.9 Å². The fourth-order valence-electron chi connectivity index (χ4n) is 3.62. The first-order valence-corrected chi connectivity index (χ1v) is 7.95. The van der Waals surface area contributed by atoms with E-state index in [1.165, 1.54) is 0 Å². The number of aromatic amines is 1. The van der Waals surface area contributed by atoms with Crippen molar-refractivity contribution < 1.29 is 23.7 Å². The molecule has 1 amide bonds. The monoisotopic (exact) mass is 345 g/mol. The first kappa shape index (κ1) is 15.6. The molecule has 3 heterocycles. The summed E-state index contributed by atoms with van der Waals surface area (Å²) in [5.41, 5.74) is 2.65. The molecule has 1 fully saturated rings. The number of benzene rings is 1. The van der Waals surface area contributed by atoms with Gasteiger partial charge in [0.1, 0.15) is 12.6 Å². The van der Waals surface area contributed by atoms with Crippen molar-refractivity contribution >= 4 is 6.09 Å². The molecular weight excluding hydrogens is 326 g/mol. The average molecular weight is 345 g/mol. The average Bonchev–Trinajstić information content (AvgIpc) is 3.25. The summed E-state index contributed by atoms with van der Waals surface area (Å²) >= 11 is 0. The van der Waals surface area contributed by atoms with Gasteiger partial charge in [0.05, 0.1) is 39.4 Å². The van der Waals surface area contributed by atoms with Gasteiger partial charge >= 0.3 is 6.09 Å². The van der Waals surface area contributed by atoms with Crippen LogP contribution in [0.1, 0.15) is 23.0 Å². The van der Waals surface area contributed by atoms with Gasteiger partial charge < -0.3 is 23.9 Å². The number of aromatic nitrogens is 2. The SMILES string of the molecule is COc1cc([C@H]2c3nc[nH]c3C[C@H]3COC(=O)N32)cc(OC)c1OC. The van der Waals surface area contributed by atoms with E-state index in [9.17, 15) is 4.79 Å². The van der Waals surface area contributed by atoms with Crippen LogP contribution in [0.5, 0.6) is 17.2 Å². The first-order chi connectivity index (χ1) is 12.2. The molecule has 1 aromatic heterocycles. The third-order valence-electron chi connectivity index (χ3n) is 4.73. The molecule has 1 N–H and O–H groups in total. The largest absolute Gasteiger partial charge is 0.493 e. The van der Waals surface area contributed by atoms with Crippen molar-refractivity contribution in [3.05, 3.63) is 35.4 Å². The summed E-state index contributed by atoms with van der Waals surface area (Å²) in [5.74, 6) is 1.57. The van der Waals surface area contributed by atoms with Crippen LogP contribution in [0.2, 0.25) is 0 Å². The molecule has 8 heteroatoms. The van der Waals surface area contributed by atoms with E-state index >= 15 is 0 Å². The second-order valence-electron chi connectivity index (χ2n) is 5.97. The molecule has 1 aromatic carbocycles. The van der Waals surface area contributed by atoms with Gasteiger partial charge in [-0.15, -0.1) is 0 Å². The number of carbonyl (C=O) groups is 1. The number of rotatable bonds is 4. The maximum absolute atomic E-state index is 12.3. The van der Waals surface area contributed by atoms with Gasteiger partial charge in [0.15, 0.2) is 11.5 Å². The molecule has 8 nitrogen and oxygen atoms in total. The lowest BCUT2D eigenvalue weighted by Crippen LogP contribution is -2.43. The van der Waals surface area contributed by atoms with Gasteiger partial charge in [-0.25, -0.2) is 9.78 Å². The molecule has 132 valence electrons. The number of ether oxygens (including phenoxy) is 4. The van der Waals surface area contributed by atoms with E-state index in [1.54, 1.807) is 32.6 Å². The van der Waals surface area contributed by atoms with Crippen LogP contribution in [-0.2, 0) is 11.2 Å². The Morgan fingerprint density at radius 3 is 2.56 bits per heavy atom. The lowest BCUT2D eigenvalue weighted by molar-refractivity contribution is 0.147. The van der Waals surface area contributed by atoms with Gasteiger partial charge in [-0.2, -0.15) is 0 Å². The standard InChI is InChI=1S/C17H19N3O5/c1-22-12-4-9(5-13(23-2)16(12)24-3)15-14-11(18-8-19-14)6-10-7-25-17(21)20(10)15/h4-5,8,10,15H,6-7H2,1-3H3,(H,18,19)/t10-,15-/m0/s1. The summed E-state index contributed by atoms with van der Waals surface area (Å²) in [6, 6.07) is 3.30. The summed E-state index contributed by atoms with van der Waals surface area (Å²) < 4.78 is 21.6. The number of hydrogen-bond acceptors (Lipinski definition) is 6. The van der Waals surface area contributed by atoms with E-state index in [0.29, 0.717) is 30.3 Å². The minimum atomic E-state index is -0.372. The van der Waals surface area contributed by atoms with E-state index in [0.717, 1.165) is 17.0 Å². The maximum atomic E-state index is 12.3. The van der Waals surface area contributed by atoms with Crippen LogP contribution in [0, 0.1) is 0 Å². The number of H-pyrrole nitrogens is 1. The third kappa shape index (κ3) is 2.28. The lowest BCUT2D eigenvalue weighted by Gasteiger charge is -2.35. The van der Waals surface area contributed by atoms with Crippen molar-refractivity contribution in [2.75, 3.05) is 27.9 Å². The number of hydrogen-bond donors (Lipinski definition) is 1. The molecule has 2 atom stereocenters. The maximum Gasteiger partial charge on any atom is 0.411 e. The van der Waals surface area contributed by atoms with Gasteiger partial charge in [-0.1, -0.05) is 0 Å². The van der Waals surface area contributed by atoms with Crippen LogP contribution in [0.15, 0.2) is 18.5 Å². The molecule has 0 bridgehead atoms. The van der Waals surface area contributed by atoms with Crippen LogP contribution in [0.25, 0.3) is 0 Å². The Morgan fingerprint density at radius 2 is 1.92 bits per heavy atom. The predicted octanol–water partition coefficient (Wildman–Crippen LogP) is 1.90. The molecule has 1 saturated heterocycles. The van der Waals surface area contributed by atoms with Gasteiger partial charge in [-0.05, 0) is 17.7 Å². The lowest BCUT2D eigenvalue weighted by atomic mass is 9.92. The molecule has 2 aromatic rings. The minimum absolute atomic E-state index is 0.0236. The molecule has 2 aliphatic rings. The van der Waals surface area contributed by atoms with E-state index in [-0.39, 0.29) is 18.2 Å². The van der Waals surface area contributed by atoms with E-state index in [1.807, 2.05) is 12.1 Å². The molecular formula is C17H19N3O5. The van der Waals surface area contributed by atoms with Crippen LogP contribution in [-0.4, -0.2) is 54.9 Å². The molecule has 0 spiro atoms. The number of nitrogens with zero attached hydrogens (tertiary/aromatic N) is 2. The van der Waals surface area contributed by atoms with Crippen molar-refractivity contribution in [2.24, 2.45) is 0 Å². The molecule has 25 heavy (non-hydrogen) atoms. The second kappa shape index (κ2) is 5.87. The number of carbonyl (C=O) groups excluding carboxylic acids is 1. The number of fused-ring (bicyclic) bond motifs is 2. The smallest absolute Gasteiger partial charge is 0.411 e. The number of nitrogens with one attached hydrogen (secondary N) is 1. The Labute approximate surface area is 144 Å². The predicted molar refractivity (Wildman–Crippen MR) is 87.2 cm³/mol. The Kier molecular flexibility index (Phi) is 3.67. The van der Waals surface area contributed by atoms with Gasteiger partial charge in [-0.3, -0.25) is 4.90 Å². The zero-order valence-corrected chi connectivity index (χ0v) is 14.2. The highest BCUT2D eigenvalue weighted by Gasteiger charge is 2.45. The summed E-state index contributed by atoms with van der Waals surface area (Å²) in [4.78, 5) is 21.7. The number of methoxy groups -OCH3 is 3. The van der Waals surface area contributed by atoms with E-state index < -0.39 is 0 Å². The molecule has 2 aliphatic heterocycles. The van der Waals surface area contributed by atoms with Crippen molar-refractivity contribution in [1.29, 1.82) is 0 Å². The van der Waals surface area contributed by atoms with E-state index in [4.69, 9.17) is 18.9 Å². The second-order valence-corrected chi connectivity index (χ2v) is 5.97. The molecule has 0 radical (unpaired) electrons. The minimum Gasteiger partial charge on any atom is -0.493 e. The highest BCUT2D eigenvalue weighted by Crippen LogP contribution is 2.45. The third-order valence-corrected chi connectivity index (χ3v) is 4.73. The Balaban J connectivity index is 1.89. The van der Waals surface area contributed by atoms with Crippen LogP contribution in [0.3, 0.4) is 0 Å². The Morgan fingerprint density at radius 1 is 1.20 bits per heavy atom. The summed E-state index contributed by atoms with van der Waals surface area (Å²) in [6.45, 7) is 0.373. The Bertz CT molecular complexity index is 793. The van der Waals surface area contributed by atoms with Gasteiger partial charge in [0.25, 0.3) is 0 Å². The first-order valence-electron chi connectivity index (χ1n) is 7.95. The van der Waals surface area contributed by atoms with Crippen molar-refractivity contribution in [2.45, 2.75) is 18.5 Å². The van der Waals surface area contributed by atoms with Crippen LogP contribution < -0.4 is 14.2 Å². The van der Waals surface area contributed by atoms with Gasteiger partial charge in [0.2, 0.25) is 5.75 Å². The fourth-order valence-corrected chi connectivity index (χ4v) is 3.62. The fraction of sp³-hybridized carbons (Fsp3) is 0.412. The number of imidazole rings is 1. The normalized spacial score (nSPS) is 21.4. The quantitative estimate of drug-likeness (QED) is 0.911. The van der Waals surface area contributed by atoms with Crippen molar-refractivity contribution in [3.8, 4) is 17.2 Å². The Hall–Kier alpha value is -2.90. The van der Waals surface area contributed by atoms with Crippen LogP contribution in [0.4, 0.5) is 4.79 Å². The zero-order valence-electron chi connectivity index (χ0n) is 14.2. The highest BCUT2D eigenvalue weighted by atomic mass is 16.6. The highest BCUT2D eigenvalue weighted by molar-refractivity contribution is 5.72. The number of amides is 1. The van der Waals surface area contributed by atoms with Gasteiger partial charge in [0, 0.05) is 12.1 Å². The van der Waals surface area contributed by atoms with E-state index in [2.05, 4.69) is 9.97 Å². The topological polar surface area (TPSA) is 85.9 Å². The molecule has 0 unspecified atom stereocenters. The molecule has 4 rings (SSSR count). The molecule has 0 aliphatic carbocycles. The number of cyclic esters (lactones) is 1. The van der Waals surface area contributed by atoms with Crippen LogP contribution >= 0.6 is 0 Å². The zero-order chi connectivity index (χ0) is 17.6. The summed E-state index contributed by atoms with van der Waals surface area (Å²) in [5, 5.41) is 0. The summed E-state index contributed by atoms with van der Waals surface area (Å²) in [6.07, 6.45) is 2.02. The molecule has 0 saturated carbocycles. The summed E-state index contributed by atoms with van der Waals surface area (Å²) in [7, 11) is 4.68. The van der Waals surface area contributed by atoms with Crippen molar-refractivity contribution in [3.63, 3.8) is 0 Å².